The van der Waals surface area contributed by atoms with E-state index in [9.17, 15) is 19.8 Å². The summed E-state index contributed by atoms with van der Waals surface area (Å²) in [6, 6.07) is 26.8. The van der Waals surface area contributed by atoms with Gasteiger partial charge in [0, 0.05) is 67.8 Å². The van der Waals surface area contributed by atoms with Crippen LogP contribution in [0.15, 0.2) is 84.9 Å². The number of nitrogens with zero attached hydrogens (tertiary/aromatic N) is 2. The minimum atomic E-state index is -1.88. The third-order valence-electron chi connectivity index (χ3n) is 8.42. The number of para-hydroxylation sites is 2. The van der Waals surface area contributed by atoms with E-state index in [1.165, 1.54) is 0 Å². The van der Waals surface area contributed by atoms with Crippen LogP contribution in [0.2, 0.25) is 0 Å². The third kappa shape index (κ3) is 4.71. The molecule has 4 aromatic carbocycles. The molecule has 6 rings (SSSR count). The van der Waals surface area contributed by atoms with Crippen molar-refractivity contribution in [3.63, 3.8) is 0 Å². The first kappa shape index (κ1) is 27.9. The molecule has 0 aliphatic carbocycles. The Bertz CT molecular complexity index is 1810. The zero-order valence-corrected chi connectivity index (χ0v) is 24.1. The van der Waals surface area contributed by atoms with Crippen LogP contribution in [-0.2, 0) is 13.1 Å². The summed E-state index contributed by atoms with van der Waals surface area (Å²) in [6.45, 7) is 6.04. The van der Waals surface area contributed by atoms with Crippen LogP contribution in [-0.4, -0.2) is 43.1 Å². The molecule has 0 aliphatic heterocycles. The minimum Gasteiger partial charge on any atom is -0.382 e. The Morgan fingerprint density at radius 2 is 0.952 bits per heavy atom. The molecule has 0 saturated carbocycles. The second kappa shape index (κ2) is 11.6. The van der Waals surface area contributed by atoms with E-state index in [-0.39, 0.29) is 11.1 Å². The van der Waals surface area contributed by atoms with Crippen LogP contribution < -0.4 is 0 Å². The maximum Gasteiger partial charge on any atom is 0.194 e. The van der Waals surface area contributed by atoms with Gasteiger partial charge < -0.3 is 19.3 Å². The maximum atomic E-state index is 13.4. The van der Waals surface area contributed by atoms with Crippen LogP contribution >= 0.6 is 0 Å². The van der Waals surface area contributed by atoms with Crippen molar-refractivity contribution in [3.05, 3.63) is 96.1 Å². The highest BCUT2D eigenvalue weighted by atomic mass is 16.3. The molecule has 0 saturated heterocycles. The van der Waals surface area contributed by atoms with Crippen LogP contribution in [0.5, 0.6) is 0 Å². The molecule has 42 heavy (non-hydrogen) atoms. The number of benzene rings is 4. The van der Waals surface area contributed by atoms with Gasteiger partial charge in [0.05, 0.1) is 0 Å². The standard InChI is InChI=1S/C36H36N2O4/c1-3-5-19-37-29-13-9-7-11-25(29)27-21-23(15-17-31(27)37)33(39)35(41)36(42)34(40)24-16-18-32-28(22-24)26-12-8-10-14-30(26)38(32)20-6-4-2/h7-18,21-22,35-36,41-42H,3-6,19-20H2,1-2H3. The Balaban J connectivity index is 1.31. The smallest absolute Gasteiger partial charge is 0.194 e. The van der Waals surface area contributed by atoms with Crippen molar-refractivity contribution in [1.82, 2.24) is 9.13 Å². The van der Waals surface area contributed by atoms with Crippen LogP contribution in [0.1, 0.15) is 60.2 Å². The monoisotopic (exact) mass is 560 g/mol. The fourth-order valence-corrected chi connectivity index (χ4v) is 6.16. The summed E-state index contributed by atoms with van der Waals surface area (Å²) in [5.74, 6) is -1.36. The molecule has 0 radical (unpaired) electrons. The van der Waals surface area contributed by atoms with Gasteiger partial charge in [0.1, 0.15) is 0 Å². The van der Waals surface area contributed by atoms with Crippen LogP contribution in [0.4, 0.5) is 0 Å². The Labute approximate surface area is 244 Å². The summed E-state index contributed by atoms with van der Waals surface area (Å²) in [4.78, 5) is 26.8. The lowest BCUT2D eigenvalue weighted by Crippen LogP contribution is -2.39. The molecule has 2 N–H and O–H groups in total. The van der Waals surface area contributed by atoms with E-state index in [4.69, 9.17) is 0 Å². The lowest BCUT2D eigenvalue weighted by molar-refractivity contribution is 0.0216. The largest absolute Gasteiger partial charge is 0.382 e. The SMILES string of the molecule is CCCCn1c2ccccc2c2cc(C(=O)C(O)C(O)C(=O)c3ccc4c(c3)c3ccccc3n4CCCC)ccc21. The molecule has 0 spiro atoms. The second-order valence-electron chi connectivity index (χ2n) is 11.1. The molecule has 0 bridgehead atoms. The molecule has 0 amide bonds. The predicted octanol–water partition coefficient (Wildman–Crippen LogP) is 7.29. The van der Waals surface area contributed by atoms with Gasteiger partial charge >= 0.3 is 0 Å². The van der Waals surface area contributed by atoms with Gasteiger partial charge in [0.15, 0.2) is 23.8 Å². The molecule has 6 aromatic rings. The quantitative estimate of drug-likeness (QED) is 0.163. The first-order valence-electron chi connectivity index (χ1n) is 14.9. The Morgan fingerprint density at radius 3 is 1.36 bits per heavy atom. The number of ketones is 2. The van der Waals surface area contributed by atoms with Crippen LogP contribution in [0.25, 0.3) is 43.6 Å². The Kier molecular flexibility index (Phi) is 7.67. The first-order chi connectivity index (χ1) is 20.4. The molecule has 2 aromatic heterocycles. The summed E-state index contributed by atoms with van der Waals surface area (Å²) in [5.41, 5.74) is 4.72. The summed E-state index contributed by atoms with van der Waals surface area (Å²) in [5, 5.41) is 25.7. The number of carbonyl (C=O) groups excluding carboxylic acids is 2. The molecule has 2 unspecified atom stereocenters. The molecular formula is C36H36N2O4. The normalized spacial score (nSPS) is 13.3. The zero-order valence-electron chi connectivity index (χ0n) is 24.1. The Morgan fingerprint density at radius 1 is 0.571 bits per heavy atom. The molecule has 0 fully saturated rings. The topological polar surface area (TPSA) is 84.5 Å². The van der Waals surface area contributed by atoms with Gasteiger partial charge in [-0.05, 0) is 61.4 Å². The zero-order chi connectivity index (χ0) is 29.4. The highest BCUT2D eigenvalue weighted by Crippen LogP contribution is 2.32. The van der Waals surface area contributed by atoms with Crippen molar-refractivity contribution in [2.75, 3.05) is 0 Å². The summed E-state index contributed by atoms with van der Waals surface area (Å²) < 4.78 is 4.51. The summed E-state index contributed by atoms with van der Waals surface area (Å²) in [6.07, 6.45) is 0.432. The van der Waals surface area contributed by atoms with E-state index >= 15 is 0 Å². The number of unbranched alkanes of at least 4 members (excludes halogenated alkanes) is 2. The molecule has 214 valence electrons. The Hall–Kier alpha value is -4.26. The van der Waals surface area contributed by atoms with Gasteiger partial charge in [-0.15, -0.1) is 0 Å². The van der Waals surface area contributed by atoms with Gasteiger partial charge in [-0.1, -0.05) is 63.1 Å². The number of hydrogen-bond acceptors (Lipinski definition) is 4. The van der Waals surface area contributed by atoms with E-state index in [0.717, 1.165) is 82.4 Å². The molecule has 2 atom stereocenters. The number of aliphatic hydroxyl groups is 2. The summed E-state index contributed by atoms with van der Waals surface area (Å²) in [7, 11) is 0. The van der Waals surface area contributed by atoms with Crippen molar-refractivity contribution in [1.29, 1.82) is 0 Å². The van der Waals surface area contributed by atoms with Gasteiger partial charge in [0.2, 0.25) is 0 Å². The predicted molar refractivity (Wildman–Crippen MR) is 169 cm³/mol. The molecular weight excluding hydrogens is 524 g/mol. The number of aromatic nitrogens is 2. The van der Waals surface area contributed by atoms with Crippen LogP contribution in [0, 0.1) is 0 Å². The second-order valence-corrected chi connectivity index (χ2v) is 11.1. The van der Waals surface area contributed by atoms with Crippen LogP contribution in [0.3, 0.4) is 0 Å². The fourth-order valence-electron chi connectivity index (χ4n) is 6.16. The fraction of sp³-hybridized carbons (Fsp3) is 0.278. The average molecular weight is 561 g/mol. The number of aryl methyl sites for hydroxylation is 2. The summed E-state index contributed by atoms with van der Waals surface area (Å²) >= 11 is 0. The van der Waals surface area contributed by atoms with E-state index in [0.29, 0.717) is 0 Å². The number of fused-ring (bicyclic) bond motifs is 6. The minimum absolute atomic E-state index is 0.259. The van der Waals surface area contributed by atoms with E-state index in [2.05, 4.69) is 35.1 Å². The first-order valence-corrected chi connectivity index (χ1v) is 14.9. The lowest BCUT2D eigenvalue weighted by Gasteiger charge is -2.16. The molecule has 6 nitrogen and oxygen atoms in total. The number of aliphatic hydroxyl groups excluding tert-OH is 2. The third-order valence-corrected chi connectivity index (χ3v) is 8.42. The number of rotatable bonds is 11. The van der Waals surface area contributed by atoms with Crippen molar-refractivity contribution >= 4 is 55.2 Å². The van der Waals surface area contributed by atoms with Gasteiger partial charge in [-0.3, -0.25) is 9.59 Å². The van der Waals surface area contributed by atoms with Gasteiger partial charge in [0.25, 0.3) is 0 Å². The molecule has 2 heterocycles. The van der Waals surface area contributed by atoms with E-state index in [1.807, 2.05) is 48.5 Å². The molecule has 0 aliphatic rings. The maximum absolute atomic E-state index is 13.4. The number of hydrogen-bond donors (Lipinski definition) is 2. The van der Waals surface area contributed by atoms with Crippen molar-refractivity contribution in [2.24, 2.45) is 0 Å². The molecule has 6 heteroatoms. The van der Waals surface area contributed by atoms with Gasteiger partial charge in [-0.2, -0.15) is 0 Å². The van der Waals surface area contributed by atoms with Crippen molar-refractivity contribution in [3.8, 4) is 0 Å². The number of carbonyl (C=O) groups is 2. The van der Waals surface area contributed by atoms with E-state index < -0.39 is 23.8 Å². The highest BCUT2D eigenvalue weighted by Gasteiger charge is 2.32. The lowest BCUT2D eigenvalue weighted by atomic mass is 9.95. The van der Waals surface area contributed by atoms with E-state index in [1.54, 1.807) is 24.3 Å². The van der Waals surface area contributed by atoms with Gasteiger partial charge in [-0.25, -0.2) is 0 Å². The average Bonchev–Trinajstić information content (AvgIpc) is 3.52. The highest BCUT2D eigenvalue weighted by molar-refractivity contribution is 6.14. The number of Topliss-reactive ketones (excluding diaryl/α,β-unsaturated/α-hetero) is 2. The van der Waals surface area contributed by atoms with Crippen molar-refractivity contribution < 1.29 is 19.8 Å². The van der Waals surface area contributed by atoms with Crippen molar-refractivity contribution in [2.45, 2.75) is 64.8 Å².